The van der Waals surface area contributed by atoms with E-state index in [-0.39, 0.29) is 6.04 Å². The van der Waals surface area contributed by atoms with Gasteiger partial charge in [-0.1, -0.05) is 29.8 Å². The average molecular weight is 219 g/mol. The molecule has 1 aliphatic rings. The first-order valence-electron chi connectivity index (χ1n) is 5.31. The Labute approximate surface area is 95.8 Å². The molecule has 0 radical (unpaired) electrons. The minimum atomic E-state index is 0.158. The van der Waals surface area contributed by atoms with Crippen molar-refractivity contribution in [3.05, 3.63) is 41.5 Å². The molecule has 2 unspecified atom stereocenters. The zero-order chi connectivity index (χ0) is 10.8. The van der Waals surface area contributed by atoms with Crippen molar-refractivity contribution in [3.63, 3.8) is 0 Å². The molecule has 2 rings (SSSR count). The Morgan fingerprint density at radius 2 is 2.20 bits per heavy atom. The lowest BCUT2D eigenvalue weighted by Crippen LogP contribution is -2.26. The van der Waals surface area contributed by atoms with E-state index in [0.29, 0.717) is 5.92 Å². The van der Waals surface area contributed by atoms with E-state index in [9.17, 15) is 0 Å². The molecule has 0 saturated carbocycles. The van der Waals surface area contributed by atoms with E-state index >= 15 is 0 Å². The van der Waals surface area contributed by atoms with E-state index < -0.39 is 0 Å². The van der Waals surface area contributed by atoms with Gasteiger partial charge in [0.15, 0.2) is 0 Å². The summed E-state index contributed by atoms with van der Waals surface area (Å²) in [4.78, 5) is 1.40. The van der Waals surface area contributed by atoms with Gasteiger partial charge in [-0.15, -0.1) is 11.8 Å². The van der Waals surface area contributed by atoms with Crippen LogP contribution in [0.15, 0.2) is 40.8 Å². The molecule has 0 spiro atoms. The number of allylic oxidation sites excluding steroid dienone is 1. The standard InChI is InChI=1S/C13H17NS/c1-9(2)7-12(14)11-8-15-13-6-4-3-5-10(11)13/h3-7,11-12H,8,14H2,1-2H3. The lowest BCUT2D eigenvalue weighted by atomic mass is 9.93. The zero-order valence-electron chi connectivity index (χ0n) is 9.23. The van der Waals surface area contributed by atoms with E-state index in [2.05, 4.69) is 44.2 Å². The molecule has 1 aliphatic heterocycles. The van der Waals surface area contributed by atoms with Crippen LogP contribution in [0.3, 0.4) is 0 Å². The summed E-state index contributed by atoms with van der Waals surface area (Å²) in [6.45, 7) is 4.21. The van der Waals surface area contributed by atoms with Gasteiger partial charge in [0.05, 0.1) is 0 Å². The predicted octanol–water partition coefficient (Wildman–Crippen LogP) is 3.17. The van der Waals surface area contributed by atoms with Crippen LogP contribution >= 0.6 is 11.8 Å². The Morgan fingerprint density at radius 1 is 1.47 bits per heavy atom. The lowest BCUT2D eigenvalue weighted by molar-refractivity contribution is 0.671. The first-order valence-corrected chi connectivity index (χ1v) is 6.29. The molecule has 2 N–H and O–H groups in total. The Kier molecular flexibility index (Phi) is 3.17. The second-order valence-electron chi connectivity index (χ2n) is 4.28. The number of nitrogens with two attached hydrogens (primary N) is 1. The molecule has 1 aromatic rings. The molecule has 0 aliphatic carbocycles. The normalized spacial score (nSPS) is 20.9. The van der Waals surface area contributed by atoms with Gasteiger partial charge in [-0.3, -0.25) is 0 Å². The van der Waals surface area contributed by atoms with Gasteiger partial charge in [-0.25, -0.2) is 0 Å². The highest BCUT2D eigenvalue weighted by Crippen LogP contribution is 2.40. The SMILES string of the molecule is CC(C)=CC(N)C1CSc2ccccc21. The van der Waals surface area contributed by atoms with E-state index in [4.69, 9.17) is 5.73 Å². The third-order valence-corrected chi connectivity index (χ3v) is 3.94. The smallest absolute Gasteiger partial charge is 0.0304 e. The van der Waals surface area contributed by atoms with Gasteiger partial charge in [0.25, 0.3) is 0 Å². The molecule has 80 valence electrons. The maximum atomic E-state index is 6.21. The molecule has 2 atom stereocenters. The van der Waals surface area contributed by atoms with Gasteiger partial charge in [-0.05, 0) is 25.5 Å². The fraction of sp³-hybridized carbons (Fsp3) is 0.385. The van der Waals surface area contributed by atoms with Gasteiger partial charge in [0.1, 0.15) is 0 Å². The molecular formula is C13H17NS. The summed E-state index contributed by atoms with van der Waals surface area (Å²) in [5.41, 5.74) is 8.93. The van der Waals surface area contributed by atoms with E-state index in [1.54, 1.807) is 0 Å². The van der Waals surface area contributed by atoms with Gasteiger partial charge >= 0.3 is 0 Å². The van der Waals surface area contributed by atoms with Crippen molar-refractivity contribution >= 4 is 11.8 Å². The lowest BCUT2D eigenvalue weighted by Gasteiger charge is -2.16. The third kappa shape index (κ3) is 2.27. The number of thioether (sulfide) groups is 1. The summed E-state index contributed by atoms with van der Waals surface area (Å²) in [5, 5.41) is 0. The minimum Gasteiger partial charge on any atom is -0.324 e. The highest BCUT2D eigenvalue weighted by atomic mass is 32.2. The Bertz CT molecular complexity index is 380. The quantitative estimate of drug-likeness (QED) is 0.773. The van der Waals surface area contributed by atoms with Crippen LogP contribution in [0.4, 0.5) is 0 Å². The predicted molar refractivity (Wildman–Crippen MR) is 67.3 cm³/mol. The van der Waals surface area contributed by atoms with Crippen LogP contribution in [-0.4, -0.2) is 11.8 Å². The summed E-state index contributed by atoms with van der Waals surface area (Å²) in [6, 6.07) is 8.76. The maximum absolute atomic E-state index is 6.21. The van der Waals surface area contributed by atoms with Crippen molar-refractivity contribution in [1.82, 2.24) is 0 Å². The highest BCUT2D eigenvalue weighted by Gasteiger charge is 2.26. The molecule has 15 heavy (non-hydrogen) atoms. The molecule has 1 aromatic carbocycles. The average Bonchev–Trinajstić information content (AvgIpc) is 2.59. The highest BCUT2D eigenvalue weighted by molar-refractivity contribution is 7.99. The summed E-state index contributed by atoms with van der Waals surface area (Å²) in [6.07, 6.45) is 2.17. The Hall–Kier alpha value is -0.730. The summed E-state index contributed by atoms with van der Waals surface area (Å²) < 4.78 is 0. The van der Waals surface area contributed by atoms with Crippen LogP contribution in [-0.2, 0) is 0 Å². The molecule has 1 nitrogen and oxygen atoms in total. The number of benzene rings is 1. The molecule has 0 fully saturated rings. The van der Waals surface area contributed by atoms with E-state index in [1.807, 2.05) is 11.8 Å². The Morgan fingerprint density at radius 3 is 2.93 bits per heavy atom. The van der Waals surface area contributed by atoms with Gasteiger partial charge in [0.2, 0.25) is 0 Å². The molecule has 0 bridgehead atoms. The van der Waals surface area contributed by atoms with Gasteiger partial charge in [-0.2, -0.15) is 0 Å². The number of hydrogen-bond donors (Lipinski definition) is 1. The topological polar surface area (TPSA) is 26.0 Å². The first kappa shape index (κ1) is 10.8. The van der Waals surface area contributed by atoms with Gasteiger partial charge < -0.3 is 5.73 Å². The minimum absolute atomic E-state index is 0.158. The van der Waals surface area contributed by atoms with Crippen molar-refractivity contribution in [3.8, 4) is 0 Å². The van der Waals surface area contributed by atoms with Crippen LogP contribution in [0.1, 0.15) is 25.3 Å². The fourth-order valence-electron chi connectivity index (χ4n) is 2.01. The second-order valence-corrected chi connectivity index (χ2v) is 5.34. The number of hydrogen-bond acceptors (Lipinski definition) is 2. The first-order chi connectivity index (χ1) is 7.18. The summed E-state index contributed by atoms with van der Waals surface area (Å²) in [7, 11) is 0. The van der Waals surface area contributed by atoms with Crippen molar-refractivity contribution in [2.45, 2.75) is 30.7 Å². The monoisotopic (exact) mass is 219 g/mol. The van der Waals surface area contributed by atoms with E-state index in [0.717, 1.165) is 5.75 Å². The van der Waals surface area contributed by atoms with Crippen molar-refractivity contribution in [1.29, 1.82) is 0 Å². The maximum Gasteiger partial charge on any atom is 0.0304 e. The third-order valence-electron chi connectivity index (χ3n) is 2.73. The Balaban J connectivity index is 2.24. The summed E-state index contributed by atoms with van der Waals surface area (Å²) >= 11 is 1.92. The van der Waals surface area contributed by atoms with Gasteiger partial charge in [0, 0.05) is 22.6 Å². The molecular weight excluding hydrogens is 202 g/mol. The summed E-state index contributed by atoms with van der Waals surface area (Å²) in [5.74, 6) is 1.60. The van der Waals surface area contributed by atoms with Crippen LogP contribution in [0.2, 0.25) is 0 Å². The molecule has 2 heteroatoms. The fourth-order valence-corrected chi connectivity index (χ4v) is 3.33. The van der Waals surface area contributed by atoms with Crippen molar-refractivity contribution in [2.24, 2.45) is 5.73 Å². The molecule has 0 amide bonds. The largest absolute Gasteiger partial charge is 0.324 e. The molecule has 0 aromatic heterocycles. The molecule has 0 saturated heterocycles. The van der Waals surface area contributed by atoms with Crippen LogP contribution in [0, 0.1) is 0 Å². The number of rotatable bonds is 2. The van der Waals surface area contributed by atoms with Crippen LogP contribution in [0.25, 0.3) is 0 Å². The van der Waals surface area contributed by atoms with Crippen molar-refractivity contribution in [2.75, 3.05) is 5.75 Å². The number of fused-ring (bicyclic) bond motifs is 1. The van der Waals surface area contributed by atoms with Crippen LogP contribution in [0.5, 0.6) is 0 Å². The molecule has 1 heterocycles. The second kappa shape index (κ2) is 4.42. The van der Waals surface area contributed by atoms with Crippen molar-refractivity contribution < 1.29 is 0 Å². The van der Waals surface area contributed by atoms with Crippen LogP contribution < -0.4 is 5.73 Å². The van der Waals surface area contributed by atoms with E-state index in [1.165, 1.54) is 16.0 Å². The zero-order valence-corrected chi connectivity index (χ0v) is 10.1.